The molecule has 0 aliphatic heterocycles. The lowest BCUT2D eigenvalue weighted by Gasteiger charge is -2.42. The van der Waals surface area contributed by atoms with Gasteiger partial charge in [0.2, 0.25) is 5.89 Å². The molecule has 1 aromatic heterocycles. The van der Waals surface area contributed by atoms with Gasteiger partial charge in [0.05, 0.1) is 0 Å². The molecule has 6 heteroatoms. The number of nitrogens with zero attached hydrogens (tertiary/aromatic N) is 2. The van der Waals surface area contributed by atoms with Crippen molar-refractivity contribution < 1.29 is 12.9 Å². The highest BCUT2D eigenvalue weighted by atomic mass is 32.2. The fraction of sp³-hybridized carbons (Fsp3) is 0.867. The van der Waals surface area contributed by atoms with Crippen molar-refractivity contribution >= 4 is 9.84 Å². The van der Waals surface area contributed by atoms with Crippen molar-refractivity contribution in [2.45, 2.75) is 63.5 Å². The van der Waals surface area contributed by atoms with Crippen LogP contribution in [-0.4, -0.2) is 24.8 Å². The van der Waals surface area contributed by atoms with Gasteiger partial charge < -0.3 is 4.52 Å². The molecule has 0 atom stereocenters. The second-order valence-electron chi connectivity index (χ2n) is 7.63. The summed E-state index contributed by atoms with van der Waals surface area (Å²) in [7, 11) is -3.24. The minimum absolute atomic E-state index is 0.316. The lowest BCUT2D eigenvalue weighted by atomic mass is 9.63. The summed E-state index contributed by atoms with van der Waals surface area (Å²) in [5, 5.41) is 4.04. The van der Waals surface area contributed by atoms with Gasteiger partial charge >= 0.3 is 0 Å². The van der Waals surface area contributed by atoms with Gasteiger partial charge in [0, 0.05) is 12.7 Å². The molecule has 21 heavy (non-hydrogen) atoms. The van der Waals surface area contributed by atoms with Crippen molar-refractivity contribution in [3.8, 4) is 0 Å². The van der Waals surface area contributed by atoms with Crippen LogP contribution in [0.1, 0.15) is 64.1 Å². The Labute approximate surface area is 126 Å². The van der Waals surface area contributed by atoms with Gasteiger partial charge in [-0.2, -0.15) is 4.98 Å². The molecule has 2 saturated carbocycles. The predicted molar refractivity (Wildman–Crippen MR) is 79.5 cm³/mol. The van der Waals surface area contributed by atoms with E-state index < -0.39 is 14.6 Å². The Morgan fingerprint density at radius 3 is 2.38 bits per heavy atom. The highest BCUT2D eigenvalue weighted by Gasteiger charge is 2.49. The molecule has 5 nitrogen and oxygen atoms in total. The van der Waals surface area contributed by atoms with Gasteiger partial charge in [-0.05, 0) is 37.0 Å². The Morgan fingerprint density at radius 1 is 1.24 bits per heavy atom. The maximum Gasteiger partial charge on any atom is 0.248 e. The number of rotatable bonds is 4. The molecule has 0 aromatic carbocycles. The number of hydrogen-bond donors (Lipinski definition) is 0. The first-order valence-corrected chi connectivity index (χ1v) is 9.64. The van der Waals surface area contributed by atoms with Crippen LogP contribution in [0.5, 0.6) is 0 Å². The van der Waals surface area contributed by atoms with E-state index in [-0.39, 0.29) is 0 Å². The fourth-order valence-electron chi connectivity index (χ4n) is 4.12. The maximum absolute atomic E-state index is 12.2. The Bertz CT molecular complexity index is 619. The molecular formula is C15H24N2O3S. The lowest BCUT2D eigenvalue weighted by Crippen LogP contribution is -2.33. The first kappa shape index (κ1) is 15.0. The van der Waals surface area contributed by atoms with E-state index in [0.717, 1.165) is 19.3 Å². The van der Waals surface area contributed by atoms with E-state index in [9.17, 15) is 8.42 Å². The SMILES string of the molecule is CC1(C)CC(Cc2noc(C3(S(C)(=O)=O)CCCC3)n2)C1. The van der Waals surface area contributed by atoms with Crippen LogP contribution in [0.3, 0.4) is 0 Å². The Kier molecular flexibility index (Phi) is 3.43. The molecule has 2 aliphatic rings. The molecule has 118 valence electrons. The molecule has 0 unspecified atom stereocenters. The fourth-order valence-corrected chi connectivity index (χ4v) is 5.55. The first-order valence-electron chi connectivity index (χ1n) is 7.75. The van der Waals surface area contributed by atoms with Gasteiger partial charge in [-0.25, -0.2) is 8.42 Å². The van der Waals surface area contributed by atoms with Crippen molar-refractivity contribution in [2.75, 3.05) is 6.26 Å². The molecule has 0 bridgehead atoms. The van der Waals surface area contributed by atoms with E-state index >= 15 is 0 Å². The van der Waals surface area contributed by atoms with E-state index in [4.69, 9.17) is 4.52 Å². The van der Waals surface area contributed by atoms with Crippen LogP contribution in [-0.2, 0) is 21.0 Å². The van der Waals surface area contributed by atoms with Gasteiger partial charge in [0.15, 0.2) is 20.4 Å². The van der Waals surface area contributed by atoms with Crippen LogP contribution >= 0.6 is 0 Å². The van der Waals surface area contributed by atoms with Gasteiger partial charge in [-0.1, -0.05) is 31.8 Å². The summed E-state index contributed by atoms with van der Waals surface area (Å²) in [5.74, 6) is 1.58. The normalized spacial score (nSPS) is 24.9. The maximum atomic E-state index is 12.2. The van der Waals surface area contributed by atoms with Crippen LogP contribution in [0.25, 0.3) is 0 Å². The quantitative estimate of drug-likeness (QED) is 0.854. The standard InChI is InChI=1S/C15H24N2O3S/c1-14(2)9-11(10-14)8-12-16-13(20-17-12)15(21(3,18)19)6-4-5-7-15/h11H,4-10H2,1-3H3. The molecule has 0 spiro atoms. The zero-order valence-corrected chi connectivity index (χ0v) is 13.9. The zero-order chi connectivity index (χ0) is 15.3. The molecule has 3 rings (SSSR count). The average Bonchev–Trinajstić information content (AvgIpc) is 2.92. The highest BCUT2D eigenvalue weighted by Crippen LogP contribution is 2.47. The van der Waals surface area contributed by atoms with Crippen molar-refractivity contribution in [3.63, 3.8) is 0 Å². The topological polar surface area (TPSA) is 73.1 Å². The third kappa shape index (κ3) is 2.62. The van der Waals surface area contributed by atoms with E-state index in [0.29, 0.717) is 35.9 Å². The third-order valence-corrected chi connectivity index (χ3v) is 7.14. The predicted octanol–water partition coefficient (Wildman–Crippen LogP) is 2.86. The van der Waals surface area contributed by atoms with Crippen LogP contribution < -0.4 is 0 Å². The van der Waals surface area contributed by atoms with E-state index in [1.807, 2.05) is 0 Å². The van der Waals surface area contributed by atoms with Gasteiger partial charge in [-0.15, -0.1) is 0 Å². The van der Waals surface area contributed by atoms with Crippen LogP contribution in [0.4, 0.5) is 0 Å². The summed E-state index contributed by atoms with van der Waals surface area (Å²) in [6, 6.07) is 0. The summed E-state index contributed by atoms with van der Waals surface area (Å²) in [6.45, 7) is 4.53. The molecule has 0 radical (unpaired) electrons. The second kappa shape index (κ2) is 4.80. The summed E-state index contributed by atoms with van der Waals surface area (Å²) in [5.41, 5.74) is 0.427. The summed E-state index contributed by atoms with van der Waals surface area (Å²) < 4.78 is 28.9. The largest absolute Gasteiger partial charge is 0.338 e. The Morgan fingerprint density at radius 2 is 1.86 bits per heavy atom. The minimum atomic E-state index is -3.24. The lowest BCUT2D eigenvalue weighted by molar-refractivity contribution is 0.0949. The average molecular weight is 312 g/mol. The molecule has 0 amide bonds. The summed E-state index contributed by atoms with van der Waals surface area (Å²) in [6.07, 6.45) is 7.45. The summed E-state index contributed by atoms with van der Waals surface area (Å²) in [4.78, 5) is 4.44. The van der Waals surface area contributed by atoms with Gasteiger partial charge in [0.25, 0.3) is 0 Å². The number of aromatic nitrogens is 2. The van der Waals surface area contributed by atoms with Crippen LogP contribution in [0.15, 0.2) is 4.52 Å². The highest BCUT2D eigenvalue weighted by molar-refractivity contribution is 7.91. The van der Waals surface area contributed by atoms with Crippen molar-refractivity contribution in [3.05, 3.63) is 11.7 Å². The second-order valence-corrected chi connectivity index (χ2v) is 9.96. The van der Waals surface area contributed by atoms with Crippen molar-refractivity contribution in [1.29, 1.82) is 0 Å². The Hall–Kier alpha value is -0.910. The zero-order valence-electron chi connectivity index (χ0n) is 13.1. The molecular weight excluding hydrogens is 288 g/mol. The molecule has 2 aliphatic carbocycles. The summed E-state index contributed by atoms with van der Waals surface area (Å²) >= 11 is 0. The Balaban J connectivity index is 1.78. The molecule has 2 fully saturated rings. The van der Waals surface area contributed by atoms with E-state index in [2.05, 4.69) is 24.0 Å². The minimum Gasteiger partial charge on any atom is -0.338 e. The van der Waals surface area contributed by atoms with Crippen molar-refractivity contribution in [1.82, 2.24) is 10.1 Å². The van der Waals surface area contributed by atoms with E-state index in [1.54, 1.807) is 0 Å². The first-order chi connectivity index (χ1) is 9.72. The van der Waals surface area contributed by atoms with Crippen LogP contribution in [0.2, 0.25) is 0 Å². The molecule has 1 aromatic rings. The van der Waals surface area contributed by atoms with E-state index in [1.165, 1.54) is 19.1 Å². The number of sulfone groups is 1. The molecule has 0 saturated heterocycles. The molecule has 0 N–H and O–H groups in total. The van der Waals surface area contributed by atoms with Crippen molar-refractivity contribution in [2.24, 2.45) is 11.3 Å². The van der Waals surface area contributed by atoms with Gasteiger partial charge in [0.1, 0.15) is 0 Å². The van der Waals surface area contributed by atoms with Gasteiger partial charge in [-0.3, -0.25) is 0 Å². The monoisotopic (exact) mass is 312 g/mol. The third-order valence-electron chi connectivity index (χ3n) is 5.13. The smallest absolute Gasteiger partial charge is 0.248 e. The number of hydrogen-bond acceptors (Lipinski definition) is 5. The molecule has 1 heterocycles. The van der Waals surface area contributed by atoms with Crippen LogP contribution in [0, 0.1) is 11.3 Å².